The van der Waals surface area contributed by atoms with Gasteiger partial charge in [0.25, 0.3) is 0 Å². The summed E-state index contributed by atoms with van der Waals surface area (Å²) in [7, 11) is 0. The van der Waals surface area contributed by atoms with E-state index in [4.69, 9.17) is 15.2 Å². The van der Waals surface area contributed by atoms with E-state index in [0.717, 1.165) is 0 Å². The molecule has 0 radical (unpaired) electrons. The number of carbonyl (C=O) groups is 2. The van der Waals surface area contributed by atoms with Gasteiger partial charge in [0, 0.05) is 6.42 Å². The van der Waals surface area contributed by atoms with Crippen molar-refractivity contribution in [2.24, 2.45) is 5.73 Å². The highest BCUT2D eigenvalue weighted by atomic mass is 35.5. The minimum absolute atomic E-state index is 0. The van der Waals surface area contributed by atoms with Crippen molar-refractivity contribution in [3.63, 3.8) is 0 Å². The van der Waals surface area contributed by atoms with Crippen LogP contribution in [-0.4, -0.2) is 30.2 Å². The Morgan fingerprint density at radius 3 is 1.50 bits per heavy atom. The Morgan fingerprint density at radius 2 is 1.39 bits per heavy atom. The molecule has 5 nitrogen and oxygen atoms in total. The average Bonchev–Trinajstić information content (AvgIpc) is 2.16. The summed E-state index contributed by atoms with van der Waals surface area (Å²) in [5, 5.41) is 0. The van der Waals surface area contributed by atoms with E-state index < -0.39 is 6.04 Å². The molecule has 0 heterocycles. The zero-order valence-corrected chi connectivity index (χ0v) is 12.9. The van der Waals surface area contributed by atoms with Gasteiger partial charge in [-0.1, -0.05) is 6.92 Å². The van der Waals surface area contributed by atoms with Gasteiger partial charge in [-0.05, 0) is 34.6 Å². The largest absolute Gasteiger partial charge is 0.463 e. The van der Waals surface area contributed by atoms with E-state index in [-0.39, 0.29) is 36.6 Å². The predicted molar refractivity (Wildman–Crippen MR) is 73.6 cm³/mol. The molecule has 110 valence electrons. The minimum atomic E-state index is -0.507. The molecule has 0 saturated carbocycles. The molecule has 0 spiro atoms. The van der Waals surface area contributed by atoms with Crippen LogP contribution in [0.4, 0.5) is 0 Å². The molecule has 0 aromatic heterocycles. The molecule has 0 aromatic carbocycles. The monoisotopic (exact) mass is 283 g/mol. The molecule has 0 aliphatic carbocycles. The van der Waals surface area contributed by atoms with E-state index in [2.05, 4.69) is 0 Å². The van der Waals surface area contributed by atoms with Gasteiger partial charge < -0.3 is 15.2 Å². The van der Waals surface area contributed by atoms with Gasteiger partial charge in [-0.15, -0.1) is 12.4 Å². The third-order valence-corrected chi connectivity index (χ3v) is 1.38. The van der Waals surface area contributed by atoms with Crippen LogP contribution in [0.1, 0.15) is 48.0 Å². The lowest BCUT2D eigenvalue weighted by molar-refractivity contribution is -0.148. The first-order chi connectivity index (χ1) is 7.70. The van der Waals surface area contributed by atoms with Crippen molar-refractivity contribution in [3.05, 3.63) is 0 Å². The topological polar surface area (TPSA) is 78.6 Å². The SMILES string of the molecule is CC(C)OC(=O)[C@H](C)N.CCC(=O)OC(C)C.Cl. The molecule has 18 heavy (non-hydrogen) atoms. The maximum Gasteiger partial charge on any atom is 0.322 e. The summed E-state index contributed by atoms with van der Waals surface area (Å²) in [6, 6.07) is -0.507. The van der Waals surface area contributed by atoms with Crippen molar-refractivity contribution < 1.29 is 19.1 Å². The summed E-state index contributed by atoms with van der Waals surface area (Å²) in [6.45, 7) is 10.6. The molecular formula is C12H26ClNO4. The Morgan fingerprint density at radius 1 is 1.00 bits per heavy atom. The average molecular weight is 284 g/mol. The summed E-state index contributed by atoms with van der Waals surface area (Å²) in [5.74, 6) is -0.468. The third-order valence-electron chi connectivity index (χ3n) is 1.38. The lowest BCUT2D eigenvalue weighted by Gasteiger charge is -2.08. The number of hydrogen-bond donors (Lipinski definition) is 1. The summed E-state index contributed by atoms with van der Waals surface area (Å²) < 4.78 is 9.51. The van der Waals surface area contributed by atoms with Gasteiger partial charge in [-0.25, -0.2) is 0 Å². The maximum atomic E-state index is 10.6. The van der Waals surface area contributed by atoms with Gasteiger partial charge in [-0.3, -0.25) is 9.59 Å². The maximum absolute atomic E-state index is 10.6. The fourth-order valence-electron chi connectivity index (χ4n) is 0.686. The fraction of sp³-hybridized carbons (Fsp3) is 0.833. The first kappa shape index (κ1) is 22.4. The lowest BCUT2D eigenvalue weighted by atomic mass is 10.4. The molecular weight excluding hydrogens is 258 g/mol. The van der Waals surface area contributed by atoms with E-state index >= 15 is 0 Å². The second kappa shape index (κ2) is 12.6. The molecule has 0 bridgehead atoms. The molecule has 2 N–H and O–H groups in total. The third kappa shape index (κ3) is 17.6. The highest BCUT2D eigenvalue weighted by molar-refractivity contribution is 5.85. The van der Waals surface area contributed by atoms with E-state index in [1.54, 1.807) is 27.7 Å². The van der Waals surface area contributed by atoms with Crippen molar-refractivity contribution >= 4 is 24.3 Å². The lowest BCUT2D eigenvalue weighted by Crippen LogP contribution is -2.30. The summed E-state index contributed by atoms with van der Waals surface area (Å²) in [6.07, 6.45) is 0.434. The summed E-state index contributed by atoms with van der Waals surface area (Å²) in [5.41, 5.74) is 5.21. The Balaban J connectivity index is -0.000000238. The molecule has 0 saturated heterocycles. The molecule has 0 aliphatic rings. The van der Waals surface area contributed by atoms with Crippen molar-refractivity contribution in [2.45, 2.75) is 66.2 Å². The van der Waals surface area contributed by atoms with E-state index in [0.29, 0.717) is 6.42 Å². The van der Waals surface area contributed by atoms with Crippen LogP contribution in [0, 0.1) is 0 Å². The molecule has 0 aliphatic heterocycles. The number of nitrogens with two attached hydrogens (primary N) is 1. The Bertz CT molecular complexity index is 230. The van der Waals surface area contributed by atoms with Crippen LogP contribution in [0.25, 0.3) is 0 Å². The molecule has 0 rings (SSSR count). The zero-order valence-electron chi connectivity index (χ0n) is 12.1. The van der Waals surface area contributed by atoms with Crippen LogP contribution in [-0.2, 0) is 19.1 Å². The predicted octanol–water partition coefficient (Wildman–Crippen LogP) is 2.05. The second-order valence-electron chi connectivity index (χ2n) is 4.17. The fourth-order valence-corrected chi connectivity index (χ4v) is 0.686. The van der Waals surface area contributed by atoms with Crippen LogP contribution < -0.4 is 5.73 Å². The molecule has 1 atom stereocenters. The van der Waals surface area contributed by atoms with E-state index in [1.807, 2.05) is 13.8 Å². The van der Waals surface area contributed by atoms with Gasteiger partial charge in [0.2, 0.25) is 0 Å². The number of carbonyl (C=O) groups excluding carboxylic acids is 2. The van der Waals surface area contributed by atoms with Crippen LogP contribution in [0.3, 0.4) is 0 Å². The summed E-state index contributed by atoms with van der Waals surface area (Å²) >= 11 is 0. The van der Waals surface area contributed by atoms with Crippen LogP contribution in [0.15, 0.2) is 0 Å². The van der Waals surface area contributed by atoms with Gasteiger partial charge in [-0.2, -0.15) is 0 Å². The first-order valence-electron chi connectivity index (χ1n) is 5.86. The minimum Gasteiger partial charge on any atom is -0.463 e. The van der Waals surface area contributed by atoms with Gasteiger partial charge in [0.05, 0.1) is 12.2 Å². The smallest absolute Gasteiger partial charge is 0.322 e. The Labute approximate surface area is 116 Å². The number of hydrogen-bond acceptors (Lipinski definition) is 5. The first-order valence-corrected chi connectivity index (χ1v) is 5.86. The quantitative estimate of drug-likeness (QED) is 0.799. The van der Waals surface area contributed by atoms with Crippen molar-refractivity contribution in [3.8, 4) is 0 Å². The Hall–Kier alpha value is -0.810. The molecule has 6 heteroatoms. The highest BCUT2D eigenvalue weighted by Gasteiger charge is 2.09. The number of esters is 2. The van der Waals surface area contributed by atoms with Crippen molar-refractivity contribution in [2.75, 3.05) is 0 Å². The van der Waals surface area contributed by atoms with Crippen molar-refractivity contribution in [1.29, 1.82) is 0 Å². The van der Waals surface area contributed by atoms with Crippen LogP contribution in [0.5, 0.6) is 0 Å². The van der Waals surface area contributed by atoms with E-state index in [9.17, 15) is 9.59 Å². The van der Waals surface area contributed by atoms with Crippen LogP contribution >= 0.6 is 12.4 Å². The molecule has 0 aromatic rings. The Kier molecular flexibility index (Phi) is 15.7. The number of halogens is 1. The standard InChI is InChI=1S/C6H13NO2.C6H12O2.ClH/c1-4(2)9-6(8)5(3)7;1-4-6(7)8-5(2)3;/h4-5H,7H2,1-3H3;5H,4H2,1-3H3;1H/t5-;;/m0../s1. The number of ether oxygens (including phenoxy) is 2. The number of rotatable bonds is 4. The highest BCUT2D eigenvalue weighted by Crippen LogP contribution is 1.91. The molecule has 0 unspecified atom stereocenters. The van der Waals surface area contributed by atoms with Crippen molar-refractivity contribution in [1.82, 2.24) is 0 Å². The van der Waals surface area contributed by atoms with Gasteiger partial charge >= 0.3 is 11.9 Å². The second-order valence-corrected chi connectivity index (χ2v) is 4.17. The molecule has 0 fully saturated rings. The summed E-state index contributed by atoms with van der Waals surface area (Å²) in [4.78, 5) is 21.0. The normalized spacial score (nSPS) is 10.9. The van der Waals surface area contributed by atoms with E-state index in [1.165, 1.54) is 0 Å². The van der Waals surface area contributed by atoms with Gasteiger partial charge in [0.15, 0.2) is 0 Å². The van der Waals surface area contributed by atoms with Gasteiger partial charge in [0.1, 0.15) is 6.04 Å². The van der Waals surface area contributed by atoms with Crippen LogP contribution in [0.2, 0.25) is 0 Å². The molecule has 0 amide bonds. The zero-order chi connectivity index (χ0) is 14.0.